The van der Waals surface area contributed by atoms with Crippen LogP contribution in [0.15, 0.2) is 61.2 Å². The molecule has 7 nitrogen and oxygen atoms in total. The number of carbonyl (C=O) groups excluding carboxylic acids is 1. The van der Waals surface area contributed by atoms with Crippen molar-refractivity contribution in [3.8, 4) is 5.69 Å². The number of fused-ring (bicyclic) bond motifs is 1. The van der Waals surface area contributed by atoms with Crippen LogP contribution in [0.1, 0.15) is 21.5 Å². The fraction of sp³-hybridized carbons (Fsp3) is 0.167. The highest BCUT2D eigenvalue weighted by Gasteiger charge is 2.73. The molecule has 1 amide bonds. The molecule has 0 saturated carbocycles. The third kappa shape index (κ3) is 5.41. The van der Waals surface area contributed by atoms with Crippen molar-refractivity contribution in [1.29, 1.82) is 0 Å². The van der Waals surface area contributed by atoms with Crippen LogP contribution in [-0.2, 0) is 11.8 Å². The van der Waals surface area contributed by atoms with Crippen molar-refractivity contribution in [2.24, 2.45) is 0 Å². The molecule has 234 valence electrons. The molecule has 1 N–H and O–H groups in total. The maximum absolute atomic E-state index is 15.4. The average Bonchev–Trinajstić information content (AvgIpc) is 2.89. The second kappa shape index (κ2) is 10.7. The van der Waals surface area contributed by atoms with E-state index in [-0.39, 0.29) is 10.8 Å². The molecular weight excluding hydrogens is 702 g/mol. The highest BCUT2D eigenvalue weighted by molar-refractivity contribution is 9.10. The van der Waals surface area contributed by atoms with Crippen molar-refractivity contribution in [3.05, 3.63) is 96.3 Å². The number of amides is 1. The lowest BCUT2D eigenvalue weighted by Crippen LogP contribution is -2.50. The van der Waals surface area contributed by atoms with Gasteiger partial charge in [-0.15, -0.1) is 4.74 Å². The van der Waals surface area contributed by atoms with E-state index < -0.39 is 102 Å². The number of nitrogens with zero attached hydrogens (tertiary/aromatic N) is 2. The van der Waals surface area contributed by atoms with Crippen molar-refractivity contribution < 1.29 is 62.0 Å². The summed E-state index contributed by atoms with van der Waals surface area (Å²) in [7, 11) is 0. The summed E-state index contributed by atoms with van der Waals surface area (Å²) in [6.45, 7) is 0. The summed E-state index contributed by atoms with van der Waals surface area (Å²) in [6, 6.07) is 1.64. The van der Waals surface area contributed by atoms with Gasteiger partial charge in [-0.3, -0.25) is 9.59 Å². The fourth-order valence-corrected chi connectivity index (χ4v) is 4.45. The minimum atomic E-state index is -6.78. The number of hydrogen-bond acceptors (Lipinski definition) is 5. The van der Waals surface area contributed by atoms with Crippen molar-refractivity contribution in [3.63, 3.8) is 0 Å². The van der Waals surface area contributed by atoms with Gasteiger partial charge in [0.1, 0.15) is 5.69 Å². The Morgan fingerprint density at radius 3 is 2.07 bits per heavy atom. The topological polar surface area (TPSA) is 94.2 Å². The molecule has 4 rings (SSSR count). The summed E-state index contributed by atoms with van der Waals surface area (Å²) >= 11 is 2.30. The van der Waals surface area contributed by atoms with Crippen LogP contribution in [0.5, 0.6) is 0 Å². The number of aromatic nitrogens is 2. The van der Waals surface area contributed by atoms with Crippen molar-refractivity contribution in [1.82, 2.24) is 9.72 Å². The van der Waals surface area contributed by atoms with E-state index in [1.54, 1.807) is 0 Å². The summed E-state index contributed by atoms with van der Waals surface area (Å²) in [5.41, 5.74) is -17.6. The fourth-order valence-electron chi connectivity index (χ4n) is 3.89. The zero-order valence-corrected chi connectivity index (χ0v) is 22.1. The van der Waals surface area contributed by atoms with E-state index in [1.165, 1.54) is 5.32 Å². The van der Waals surface area contributed by atoms with Gasteiger partial charge >= 0.3 is 29.8 Å². The van der Waals surface area contributed by atoms with Gasteiger partial charge in [-0.25, -0.2) is 18.6 Å². The number of benzene rings is 2. The van der Waals surface area contributed by atoms with Crippen LogP contribution < -0.4 is 16.5 Å². The van der Waals surface area contributed by atoms with Gasteiger partial charge in [0.2, 0.25) is 5.95 Å². The molecular formula is C24H8BrF12N3O4. The van der Waals surface area contributed by atoms with Crippen LogP contribution in [0, 0.1) is 11.8 Å². The lowest BCUT2D eigenvalue weighted by Gasteiger charge is -2.31. The Hall–Kier alpha value is -4.36. The largest absolute Gasteiger partial charge is 0.435 e. The predicted molar refractivity (Wildman–Crippen MR) is 128 cm³/mol. The van der Waals surface area contributed by atoms with Gasteiger partial charge < -0.3 is 9.84 Å². The number of anilines is 1. The van der Waals surface area contributed by atoms with Gasteiger partial charge in [0.15, 0.2) is 5.82 Å². The maximum atomic E-state index is 15.4. The minimum absolute atomic E-state index is 0.0112. The summed E-state index contributed by atoms with van der Waals surface area (Å²) in [5.74, 6) is -4.71. The normalized spacial score (nSPS) is 12.9. The molecule has 0 fully saturated rings. The molecule has 0 spiro atoms. The molecule has 0 aliphatic heterocycles. The molecule has 2 heterocycles. The standard InChI is InChI=1S/C24H8BrF12N3O4/c25-13-5-8(21(28,23(32,33)34)24(35,36)37)4-12(22(29,30)31)17(13)39-18(41)9-2-1-3-14(16(9)27)40-19(42)11-7-38-15(26)6-10(11)20(43)44-40/h1-7H,(H,39,41). The second-order valence-corrected chi connectivity index (χ2v) is 9.51. The van der Waals surface area contributed by atoms with Crippen LogP contribution in [0.3, 0.4) is 0 Å². The van der Waals surface area contributed by atoms with E-state index in [4.69, 9.17) is 0 Å². The molecule has 0 saturated heterocycles. The molecule has 2 aromatic carbocycles. The second-order valence-electron chi connectivity index (χ2n) is 8.66. The Kier molecular flexibility index (Phi) is 7.89. The Balaban J connectivity index is 1.84. The molecule has 0 aliphatic rings. The summed E-state index contributed by atoms with van der Waals surface area (Å²) < 4.78 is 167. The van der Waals surface area contributed by atoms with Gasteiger partial charge in [-0.1, -0.05) is 6.07 Å². The van der Waals surface area contributed by atoms with Crippen LogP contribution in [0.25, 0.3) is 16.5 Å². The van der Waals surface area contributed by atoms with E-state index in [0.717, 1.165) is 12.1 Å². The summed E-state index contributed by atoms with van der Waals surface area (Å²) in [4.78, 5) is 41.0. The van der Waals surface area contributed by atoms with Crippen molar-refractivity contribution in [2.75, 3.05) is 5.32 Å². The molecule has 0 unspecified atom stereocenters. The number of halogens is 13. The Labute approximate surface area is 241 Å². The third-order valence-corrected chi connectivity index (χ3v) is 6.56. The predicted octanol–water partition coefficient (Wildman–Crippen LogP) is 6.94. The number of alkyl halides is 10. The van der Waals surface area contributed by atoms with Gasteiger partial charge in [0, 0.05) is 22.3 Å². The number of pyridine rings is 1. The average molecular weight is 710 g/mol. The van der Waals surface area contributed by atoms with Crippen molar-refractivity contribution in [2.45, 2.75) is 24.2 Å². The summed E-state index contributed by atoms with van der Waals surface area (Å²) in [5, 5.41) is 0.303. The first kappa shape index (κ1) is 32.6. The Morgan fingerprint density at radius 1 is 0.886 bits per heavy atom. The van der Waals surface area contributed by atoms with Crippen LogP contribution >= 0.6 is 15.9 Å². The Bertz CT molecular complexity index is 1920. The zero-order valence-electron chi connectivity index (χ0n) is 20.5. The highest BCUT2D eigenvalue weighted by atomic mass is 79.9. The minimum Gasteiger partial charge on any atom is -0.327 e. The van der Waals surface area contributed by atoms with Gasteiger partial charge in [-0.05, 0) is 40.2 Å². The molecule has 0 atom stereocenters. The molecule has 0 bridgehead atoms. The first-order valence-corrected chi connectivity index (χ1v) is 11.9. The third-order valence-electron chi connectivity index (χ3n) is 5.93. The Morgan fingerprint density at radius 2 is 1.50 bits per heavy atom. The van der Waals surface area contributed by atoms with Gasteiger partial charge in [-0.2, -0.15) is 43.9 Å². The lowest BCUT2D eigenvalue weighted by molar-refractivity contribution is -0.348. The molecule has 0 radical (unpaired) electrons. The number of hydrogen-bond donors (Lipinski definition) is 1. The smallest absolute Gasteiger partial charge is 0.327 e. The van der Waals surface area contributed by atoms with Gasteiger partial charge in [0.05, 0.1) is 27.6 Å². The van der Waals surface area contributed by atoms with Crippen LogP contribution in [-0.4, -0.2) is 28.0 Å². The number of carbonyl (C=O) groups is 1. The van der Waals surface area contributed by atoms with E-state index in [0.29, 0.717) is 18.3 Å². The molecule has 0 aliphatic carbocycles. The van der Waals surface area contributed by atoms with Crippen LogP contribution in [0.4, 0.5) is 58.4 Å². The SMILES string of the molecule is O=C(Nc1c(Br)cc(C(F)(C(F)(F)F)C(F)(F)F)cc1C(F)(F)F)c1cccc(-n2oc(=O)c3cc(F)ncc3c2=O)c1F. The van der Waals surface area contributed by atoms with Gasteiger partial charge in [0.25, 0.3) is 11.5 Å². The van der Waals surface area contributed by atoms with E-state index in [2.05, 4.69) is 25.4 Å². The number of nitrogens with one attached hydrogen (secondary N) is 1. The molecule has 2 aromatic heterocycles. The number of rotatable bonds is 4. The van der Waals surface area contributed by atoms with Crippen molar-refractivity contribution >= 4 is 38.3 Å². The highest BCUT2D eigenvalue weighted by Crippen LogP contribution is 2.55. The zero-order chi connectivity index (χ0) is 33.2. The van der Waals surface area contributed by atoms with Crippen LogP contribution in [0.2, 0.25) is 0 Å². The quantitative estimate of drug-likeness (QED) is 0.183. The first-order chi connectivity index (χ1) is 20.1. The monoisotopic (exact) mass is 709 g/mol. The molecule has 4 aromatic rings. The maximum Gasteiger partial charge on any atom is 0.435 e. The van der Waals surface area contributed by atoms with E-state index in [1.807, 2.05) is 0 Å². The first-order valence-electron chi connectivity index (χ1n) is 11.1. The van der Waals surface area contributed by atoms with E-state index >= 15 is 4.39 Å². The van der Waals surface area contributed by atoms with E-state index in [9.17, 15) is 62.7 Å². The molecule has 20 heteroatoms. The lowest BCUT2D eigenvalue weighted by atomic mass is 9.92. The molecule has 44 heavy (non-hydrogen) atoms. The summed E-state index contributed by atoms with van der Waals surface area (Å²) in [6.07, 6.45) is -18.8.